The van der Waals surface area contributed by atoms with Crippen LogP contribution in [0.2, 0.25) is 0 Å². The normalized spacial score (nSPS) is 12.0. The van der Waals surface area contributed by atoms with Crippen LogP contribution in [0.4, 0.5) is 0 Å². The predicted molar refractivity (Wildman–Crippen MR) is 104 cm³/mol. The first-order valence-corrected chi connectivity index (χ1v) is 12.4. The number of carbonyl (C=O) groups is 2. The highest BCUT2D eigenvalue weighted by atomic mass is 33.1. The van der Waals surface area contributed by atoms with Gasteiger partial charge in [-0.2, -0.15) is 16.8 Å². The minimum atomic E-state index is -4.65. The van der Waals surface area contributed by atoms with Crippen molar-refractivity contribution in [3.63, 3.8) is 0 Å². The van der Waals surface area contributed by atoms with Crippen LogP contribution in [0, 0.1) is 0 Å². The van der Waals surface area contributed by atoms with E-state index in [2.05, 4.69) is 0 Å². The Balaban J connectivity index is 2.47. The van der Waals surface area contributed by atoms with Crippen LogP contribution in [-0.4, -0.2) is 37.5 Å². The van der Waals surface area contributed by atoms with Gasteiger partial charge in [-0.3, -0.25) is 18.7 Å². The van der Waals surface area contributed by atoms with Crippen molar-refractivity contribution in [3.05, 3.63) is 47.5 Å². The highest BCUT2D eigenvalue weighted by molar-refractivity contribution is 8.76. The van der Waals surface area contributed by atoms with Crippen LogP contribution in [0.15, 0.2) is 56.0 Å². The molecule has 0 fully saturated rings. The summed E-state index contributed by atoms with van der Waals surface area (Å²) in [6.45, 7) is 2.47. The number of hydrogen-bond acceptors (Lipinski definition) is 8. The third-order valence-corrected chi connectivity index (χ3v) is 8.00. The first-order valence-electron chi connectivity index (χ1n) is 7.40. The number of Topliss-reactive ketones (excluding diaryl/α,β-unsaturated/α-hetero) is 2. The van der Waals surface area contributed by atoms with Crippen LogP contribution in [0.25, 0.3) is 0 Å². The van der Waals surface area contributed by atoms with E-state index in [1.165, 1.54) is 38.1 Å². The molecule has 0 bridgehead atoms. The van der Waals surface area contributed by atoms with Gasteiger partial charge in [0.1, 0.15) is 9.79 Å². The summed E-state index contributed by atoms with van der Waals surface area (Å²) in [5.74, 6) is -0.801. The highest BCUT2D eigenvalue weighted by Crippen LogP contribution is 2.43. The van der Waals surface area contributed by atoms with Gasteiger partial charge in [0.25, 0.3) is 20.2 Å². The molecular weight excluding hydrogens is 448 g/mol. The summed E-state index contributed by atoms with van der Waals surface area (Å²) in [7, 11) is -7.70. The Labute approximate surface area is 169 Å². The lowest BCUT2D eigenvalue weighted by Crippen LogP contribution is -2.04. The van der Waals surface area contributed by atoms with Crippen molar-refractivity contribution in [2.75, 3.05) is 0 Å². The van der Waals surface area contributed by atoms with Gasteiger partial charge in [0, 0.05) is 20.9 Å². The molecule has 0 aliphatic heterocycles. The second kappa shape index (κ2) is 8.35. The molecule has 0 amide bonds. The van der Waals surface area contributed by atoms with E-state index in [0.29, 0.717) is 0 Å². The van der Waals surface area contributed by atoms with Crippen LogP contribution in [-0.2, 0) is 20.2 Å². The molecule has 28 heavy (non-hydrogen) atoms. The molecule has 0 atom stereocenters. The molecule has 0 heterocycles. The van der Waals surface area contributed by atoms with E-state index in [1.807, 2.05) is 0 Å². The molecule has 150 valence electrons. The Bertz CT molecular complexity index is 1070. The summed E-state index contributed by atoms with van der Waals surface area (Å²) in [6, 6.07) is 7.36. The Morgan fingerprint density at radius 2 is 1.04 bits per heavy atom. The van der Waals surface area contributed by atoms with Gasteiger partial charge in [0.15, 0.2) is 11.6 Å². The smallest absolute Gasteiger partial charge is 0.295 e. The average Bonchev–Trinajstić information content (AvgIpc) is 2.57. The van der Waals surface area contributed by atoms with Crippen LogP contribution in [0.1, 0.15) is 34.6 Å². The van der Waals surface area contributed by atoms with Gasteiger partial charge in [-0.15, -0.1) is 0 Å². The highest BCUT2D eigenvalue weighted by Gasteiger charge is 2.21. The summed E-state index contributed by atoms with van der Waals surface area (Å²) in [6.07, 6.45) is 0. The molecule has 2 aromatic rings. The van der Waals surface area contributed by atoms with Gasteiger partial charge in [-0.05, 0) is 38.1 Å². The predicted octanol–water partition coefficient (Wildman–Crippen LogP) is 3.38. The minimum absolute atomic E-state index is 0.0504. The number of benzene rings is 2. The molecule has 0 unspecified atom stereocenters. The topological polar surface area (TPSA) is 143 Å². The lowest BCUT2D eigenvalue weighted by Gasteiger charge is -2.10. The zero-order valence-corrected chi connectivity index (χ0v) is 17.7. The van der Waals surface area contributed by atoms with Gasteiger partial charge in [0.2, 0.25) is 0 Å². The second-order valence-corrected chi connectivity index (χ2v) is 10.5. The van der Waals surface area contributed by atoms with Gasteiger partial charge in [0.05, 0.1) is 0 Å². The first-order chi connectivity index (χ1) is 12.8. The third kappa shape index (κ3) is 5.43. The molecule has 8 nitrogen and oxygen atoms in total. The van der Waals surface area contributed by atoms with Gasteiger partial charge in [-0.25, -0.2) is 0 Å². The van der Waals surface area contributed by atoms with E-state index in [1.54, 1.807) is 0 Å². The molecular formula is C16H14O8S4. The SMILES string of the molecule is CC(=O)c1ccc(SSc2ccc(C(C)=O)cc2S(=O)(=O)O)c(S(=O)(=O)O)c1. The maximum atomic E-state index is 11.6. The summed E-state index contributed by atoms with van der Waals surface area (Å²) in [4.78, 5) is 22.0. The number of hydrogen-bond donors (Lipinski definition) is 2. The average molecular weight is 463 g/mol. The number of ketones is 2. The maximum absolute atomic E-state index is 11.6. The van der Waals surface area contributed by atoms with Crippen molar-refractivity contribution in [3.8, 4) is 0 Å². The van der Waals surface area contributed by atoms with E-state index < -0.39 is 41.6 Å². The Hall–Kier alpha value is -1.70. The quantitative estimate of drug-likeness (QED) is 0.357. The zero-order chi connectivity index (χ0) is 21.3. The van der Waals surface area contributed by atoms with E-state index in [0.717, 1.165) is 33.7 Å². The van der Waals surface area contributed by atoms with Crippen molar-refractivity contribution in [1.82, 2.24) is 0 Å². The van der Waals surface area contributed by atoms with Crippen molar-refractivity contribution >= 4 is 53.4 Å². The molecule has 2 rings (SSSR count). The lowest BCUT2D eigenvalue weighted by molar-refractivity contribution is 0.100. The van der Waals surface area contributed by atoms with Gasteiger partial charge in [-0.1, -0.05) is 33.7 Å². The molecule has 0 saturated heterocycles. The maximum Gasteiger partial charge on any atom is 0.295 e. The summed E-state index contributed by atoms with van der Waals surface area (Å²) < 4.78 is 65.4. The molecule has 2 N–H and O–H groups in total. The van der Waals surface area contributed by atoms with Crippen LogP contribution in [0.5, 0.6) is 0 Å². The van der Waals surface area contributed by atoms with Crippen molar-refractivity contribution < 1.29 is 35.5 Å². The lowest BCUT2D eigenvalue weighted by atomic mass is 10.1. The Kier molecular flexibility index (Phi) is 6.74. The molecule has 12 heteroatoms. The minimum Gasteiger partial charge on any atom is -0.295 e. The summed E-state index contributed by atoms with van der Waals surface area (Å²) in [5, 5.41) is 0. The molecule has 0 aliphatic carbocycles. The van der Waals surface area contributed by atoms with Crippen LogP contribution >= 0.6 is 21.6 Å². The van der Waals surface area contributed by atoms with Crippen molar-refractivity contribution in [2.45, 2.75) is 33.4 Å². The fourth-order valence-electron chi connectivity index (χ4n) is 2.08. The molecule has 0 aliphatic rings. The molecule has 2 aromatic carbocycles. The van der Waals surface area contributed by atoms with E-state index in [4.69, 9.17) is 0 Å². The van der Waals surface area contributed by atoms with Crippen molar-refractivity contribution in [2.24, 2.45) is 0 Å². The Morgan fingerprint density at radius 1 is 0.714 bits per heavy atom. The summed E-state index contributed by atoms with van der Waals surface area (Å²) in [5.41, 5.74) is 0.151. The number of carbonyl (C=O) groups excluding carboxylic acids is 2. The largest absolute Gasteiger partial charge is 0.295 e. The van der Waals surface area contributed by atoms with Gasteiger partial charge >= 0.3 is 0 Å². The molecule has 0 radical (unpaired) electrons. The Morgan fingerprint density at radius 3 is 1.29 bits per heavy atom. The van der Waals surface area contributed by atoms with Crippen molar-refractivity contribution in [1.29, 1.82) is 0 Å². The zero-order valence-electron chi connectivity index (χ0n) is 14.4. The number of rotatable bonds is 7. The molecule has 0 aromatic heterocycles. The summed E-state index contributed by atoms with van der Waals surface area (Å²) >= 11 is 0. The monoisotopic (exact) mass is 462 g/mol. The second-order valence-electron chi connectivity index (χ2n) is 5.55. The van der Waals surface area contributed by atoms with E-state index >= 15 is 0 Å². The molecule has 0 spiro atoms. The van der Waals surface area contributed by atoms with E-state index in [9.17, 15) is 35.5 Å². The van der Waals surface area contributed by atoms with E-state index in [-0.39, 0.29) is 20.9 Å². The fraction of sp³-hybridized carbons (Fsp3) is 0.125. The molecule has 0 saturated carbocycles. The first kappa shape index (κ1) is 22.6. The van der Waals surface area contributed by atoms with Crippen LogP contribution in [0.3, 0.4) is 0 Å². The van der Waals surface area contributed by atoms with Gasteiger partial charge < -0.3 is 0 Å². The standard InChI is InChI=1S/C16H14O8S4/c1-9(17)11-3-5-13(15(7-11)27(19,20)21)25-26-14-6-4-12(10(2)18)8-16(14)28(22,23)24/h3-8H,1-2H3,(H,19,20,21)(H,22,23,24). The van der Waals surface area contributed by atoms with Crippen LogP contribution < -0.4 is 0 Å². The fourth-order valence-corrected chi connectivity index (χ4v) is 6.60. The third-order valence-electron chi connectivity index (χ3n) is 3.48.